The number of phosphoric ester groups is 1. The molecule has 1 amide bonds. The summed E-state index contributed by atoms with van der Waals surface area (Å²) in [5.41, 5.74) is 0. The van der Waals surface area contributed by atoms with Gasteiger partial charge in [-0.1, -0.05) is 103 Å². The minimum atomic E-state index is -4.48. The average Bonchev–Trinajstić information content (AvgIpc) is 2.86. The molecule has 0 saturated heterocycles. The summed E-state index contributed by atoms with van der Waals surface area (Å²) in [6, 6.07) is 0. The molecule has 0 fully saturated rings. The highest BCUT2D eigenvalue weighted by atomic mass is 31.2. The van der Waals surface area contributed by atoms with Gasteiger partial charge in [-0.2, -0.15) is 0 Å². The number of ether oxygens (including phenoxy) is 1. The SMILES string of the molecule is CCCCCCCCCCCCCCCCCCN(C)CC(COP(=O)([O-])OCC[N+](C)(C)C)OC(=O)N(C)C. The lowest BCUT2D eigenvalue weighted by molar-refractivity contribution is -0.870. The summed E-state index contributed by atoms with van der Waals surface area (Å²) in [7, 11) is 6.50. The highest BCUT2D eigenvalue weighted by Gasteiger charge is 2.22. The first-order valence-corrected chi connectivity index (χ1v) is 17.3. The maximum Gasteiger partial charge on any atom is 0.409 e. The summed E-state index contributed by atoms with van der Waals surface area (Å²) in [5, 5.41) is 0. The van der Waals surface area contributed by atoms with Crippen molar-refractivity contribution in [1.29, 1.82) is 0 Å². The van der Waals surface area contributed by atoms with E-state index in [1.54, 1.807) is 14.1 Å². The van der Waals surface area contributed by atoms with E-state index in [2.05, 4.69) is 11.8 Å². The maximum atomic E-state index is 12.2. The molecule has 0 aromatic carbocycles. The number of likely N-dealkylation sites (N-methyl/N-ethyl adjacent to an activating group) is 2. The zero-order valence-corrected chi connectivity index (χ0v) is 28.1. The number of hydrogen-bond donors (Lipinski definition) is 0. The van der Waals surface area contributed by atoms with E-state index in [4.69, 9.17) is 13.8 Å². The summed E-state index contributed by atoms with van der Waals surface area (Å²) in [6.07, 6.45) is 20.1. The van der Waals surface area contributed by atoms with Crippen molar-refractivity contribution >= 4 is 13.9 Å². The second kappa shape index (κ2) is 23.8. The van der Waals surface area contributed by atoms with Crippen LogP contribution in [0.15, 0.2) is 0 Å². The molecule has 0 aliphatic heterocycles. The van der Waals surface area contributed by atoms with E-state index in [1.807, 2.05) is 28.2 Å². The normalized spacial score (nSPS) is 14.3. The molecule has 0 spiro atoms. The summed E-state index contributed by atoms with van der Waals surface area (Å²) in [6.45, 7) is 3.80. The number of quaternary nitrogens is 1. The molecule has 0 aromatic heterocycles. The zero-order chi connectivity index (χ0) is 30.3. The van der Waals surface area contributed by atoms with Gasteiger partial charge < -0.3 is 33.0 Å². The Morgan fingerprint density at radius 1 is 0.775 bits per heavy atom. The van der Waals surface area contributed by atoms with E-state index < -0.39 is 20.0 Å². The van der Waals surface area contributed by atoms with E-state index in [1.165, 1.54) is 94.8 Å². The monoisotopic (exact) mass is 593 g/mol. The second-order valence-corrected chi connectivity index (χ2v) is 14.0. The van der Waals surface area contributed by atoms with Crippen LogP contribution in [0, 0.1) is 0 Å². The molecule has 10 heteroatoms. The van der Waals surface area contributed by atoms with Gasteiger partial charge in [-0.3, -0.25) is 4.57 Å². The minimum Gasteiger partial charge on any atom is -0.756 e. The first-order chi connectivity index (χ1) is 18.9. The summed E-state index contributed by atoms with van der Waals surface area (Å²) < 4.78 is 28.3. The molecule has 2 unspecified atom stereocenters. The van der Waals surface area contributed by atoms with Gasteiger partial charge in [0.05, 0.1) is 27.7 Å². The number of amides is 1. The first kappa shape index (κ1) is 39.3. The van der Waals surface area contributed by atoms with Crippen LogP contribution in [-0.2, 0) is 18.3 Å². The molecular formula is C30H64N3O6P. The number of rotatable bonds is 27. The number of nitrogens with zero attached hydrogens (tertiary/aromatic N) is 3. The van der Waals surface area contributed by atoms with Crippen LogP contribution >= 0.6 is 7.82 Å². The van der Waals surface area contributed by atoms with Gasteiger partial charge >= 0.3 is 6.09 Å². The lowest BCUT2D eigenvalue weighted by atomic mass is 10.0. The van der Waals surface area contributed by atoms with Crippen molar-refractivity contribution in [3.05, 3.63) is 0 Å². The molecule has 0 bridgehead atoms. The van der Waals surface area contributed by atoms with Crippen molar-refractivity contribution in [1.82, 2.24) is 9.80 Å². The van der Waals surface area contributed by atoms with Gasteiger partial charge in [0.1, 0.15) is 19.3 Å². The Morgan fingerprint density at radius 2 is 1.23 bits per heavy atom. The third kappa shape index (κ3) is 26.2. The van der Waals surface area contributed by atoms with Gasteiger partial charge in [0, 0.05) is 20.6 Å². The highest BCUT2D eigenvalue weighted by Crippen LogP contribution is 2.38. The number of hydrogen-bond acceptors (Lipinski definition) is 7. The Kier molecular flexibility index (Phi) is 23.4. The molecule has 0 aliphatic rings. The van der Waals surface area contributed by atoms with E-state index in [-0.39, 0.29) is 13.2 Å². The van der Waals surface area contributed by atoms with E-state index >= 15 is 0 Å². The fourth-order valence-electron chi connectivity index (χ4n) is 4.38. The van der Waals surface area contributed by atoms with Gasteiger partial charge in [0.2, 0.25) is 0 Å². The third-order valence-corrected chi connectivity index (χ3v) is 7.94. The zero-order valence-electron chi connectivity index (χ0n) is 27.2. The smallest absolute Gasteiger partial charge is 0.409 e. The lowest BCUT2D eigenvalue weighted by Gasteiger charge is -2.30. The largest absolute Gasteiger partial charge is 0.756 e. The van der Waals surface area contributed by atoms with E-state index in [9.17, 15) is 14.3 Å². The molecule has 240 valence electrons. The van der Waals surface area contributed by atoms with Crippen LogP contribution in [0.25, 0.3) is 0 Å². The topological polar surface area (TPSA) is 91.4 Å². The van der Waals surface area contributed by atoms with Crippen molar-refractivity contribution in [2.24, 2.45) is 0 Å². The molecule has 0 heterocycles. The number of unbranched alkanes of at least 4 members (excludes halogenated alkanes) is 15. The molecule has 2 atom stereocenters. The molecule has 0 rings (SSSR count). The number of carbonyl (C=O) groups excluding carboxylic acids is 1. The Morgan fingerprint density at radius 3 is 1.65 bits per heavy atom. The van der Waals surface area contributed by atoms with Crippen LogP contribution in [-0.4, -0.2) is 102 Å². The molecule has 0 saturated carbocycles. The van der Waals surface area contributed by atoms with E-state index in [0.29, 0.717) is 17.6 Å². The fourth-order valence-corrected chi connectivity index (χ4v) is 5.11. The Labute approximate surface area is 247 Å². The van der Waals surface area contributed by atoms with Crippen molar-refractivity contribution in [3.8, 4) is 0 Å². The minimum absolute atomic E-state index is 0.0333. The predicted octanol–water partition coefficient (Wildman–Crippen LogP) is 6.45. The fraction of sp³-hybridized carbons (Fsp3) is 0.967. The van der Waals surface area contributed by atoms with Gasteiger partial charge in [0.25, 0.3) is 7.82 Å². The molecule has 0 aromatic rings. The summed E-state index contributed by atoms with van der Waals surface area (Å²) in [5.74, 6) is 0. The van der Waals surface area contributed by atoms with Gasteiger partial charge in [-0.05, 0) is 20.0 Å². The second-order valence-electron chi connectivity index (χ2n) is 12.6. The molecular weight excluding hydrogens is 529 g/mol. The Hall–Kier alpha value is -0.700. The van der Waals surface area contributed by atoms with Crippen molar-refractivity contribution in [3.63, 3.8) is 0 Å². The molecule has 9 nitrogen and oxygen atoms in total. The van der Waals surface area contributed by atoms with Crippen molar-refractivity contribution < 1.29 is 32.5 Å². The first-order valence-electron chi connectivity index (χ1n) is 15.8. The maximum absolute atomic E-state index is 12.2. The van der Waals surface area contributed by atoms with Crippen LogP contribution in [0.5, 0.6) is 0 Å². The molecule has 40 heavy (non-hydrogen) atoms. The summed E-state index contributed by atoms with van der Waals surface area (Å²) >= 11 is 0. The molecule has 0 aliphatic carbocycles. The van der Waals surface area contributed by atoms with Gasteiger partial charge in [0.15, 0.2) is 0 Å². The van der Waals surface area contributed by atoms with Gasteiger partial charge in [-0.25, -0.2) is 4.79 Å². The number of phosphoric acid groups is 1. The summed E-state index contributed by atoms with van der Waals surface area (Å²) in [4.78, 5) is 27.7. The van der Waals surface area contributed by atoms with E-state index in [0.717, 1.165) is 19.4 Å². The van der Waals surface area contributed by atoms with Crippen LogP contribution in [0.2, 0.25) is 0 Å². The van der Waals surface area contributed by atoms with Crippen LogP contribution in [0.3, 0.4) is 0 Å². The highest BCUT2D eigenvalue weighted by molar-refractivity contribution is 7.45. The third-order valence-electron chi connectivity index (χ3n) is 6.97. The molecule has 0 radical (unpaired) electrons. The van der Waals surface area contributed by atoms with Gasteiger partial charge in [-0.15, -0.1) is 0 Å². The van der Waals surface area contributed by atoms with Crippen molar-refractivity contribution in [2.45, 2.75) is 116 Å². The van der Waals surface area contributed by atoms with Crippen molar-refractivity contribution in [2.75, 3.05) is 75.1 Å². The average molecular weight is 594 g/mol. The van der Waals surface area contributed by atoms with Crippen LogP contribution in [0.4, 0.5) is 4.79 Å². The Bertz CT molecular complexity index is 660. The lowest BCUT2D eigenvalue weighted by Crippen LogP contribution is -2.39. The quantitative estimate of drug-likeness (QED) is 0.0614. The standard InChI is InChI=1S/C30H64N3O6P/c1-8-9-10-11-12-13-14-15-16-17-18-19-20-21-22-23-24-32(4)27-29(39-30(34)31(2)3)28-38-40(35,36)37-26-25-33(5,6)7/h29H,8-28H2,1-7H3. The number of carbonyl (C=O) groups is 1. The van der Waals surface area contributed by atoms with Crippen LogP contribution in [0.1, 0.15) is 110 Å². The molecule has 0 N–H and O–H groups in total. The van der Waals surface area contributed by atoms with Crippen LogP contribution < -0.4 is 4.89 Å². The Balaban J connectivity index is 4.06. The predicted molar refractivity (Wildman–Crippen MR) is 163 cm³/mol.